The van der Waals surface area contributed by atoms with Gasteiger partial charge in [-0.15, -0.1) is 0 Å². The highest BCUT2D eigenvalue weighted by Crippen LogP contribution is 2.38. The maximum atomic E-state index is 3.98. The third-order valence-electron chi connectivity index (χ3n) is 5.82. The van der Waals surface area contributed by atoms with Crippen molar-refractivity contribution in [2.45, 2.75) is 56.7 Å². The highest BCUT2D eigenvalue weighted by molar-refractivity contribution is 5.44. The quantitative estimate of drug-likeness (QED) is 0.894. The zero-order valence-corrected chi connectivity index (χ0v) is 14.5. The monoisotopic (exact) mass is 320 g/mol. The zero-order chi connectivity index (χ0) is 16.4. The van der Waals surface area contributed by atoms with E-state index in [2.05, 4.69) is 72.2 Å². The molecule has 0 saturated carbocycles. The van der Waals surface area contributed by atoms with Crippen molar-refractivity contribution in [3.63, 3.8) is 0 Å². The molecule has 1 fully saturated rings. The van der Waals surface area contributed by atoms with Crippen LogP contribution < -0.4 is 10.6 Å². The minimum atomic E-state index is 0.466. The predicted molar refractivity (Wildman–Crippen MR) is 100 cm³/mol. The van der Waals surface area contributed by atoms with Gasteiger partial charge in [-0.25, -0.2) is 0 Å². The number of benzene rings is 2. The third-order valence-corrected chi connectivity index (χ3v) is 5.82. The van der Waals surface area contributed by atoms with E-state index in [1.807, 2.05) is 0 Å². The van der Waals surface area contributed by atoms with Crippen LogP contribution in [-0.4, -0.2) is 24.7 Å². The van der Waals surface area contributed by atoms with Gasteiger partial charge in [0.15, 0.2) is 0 Å². The molecule has 4 unspecified atom stereocenters. The number of hydrogen-bond donors (Lipinski definition) is 2. The lowest BCUT2D eigenvalue weighted by Gasteiger charge is -2.33. The molecular formula is C22H28N2. The van der Waals surface area contributed by atoms with Gasteiger partial charge in [-0.1, -0.05) is 61.0 Å². The summed E-state index contributed by atoms with van der Waals surface area (Å²) in [4.78, 5) is 0. The molecule has 0 aromatic heterocycles. The van der Waals surface area contributed by atoms with Crippen LogP contribution in [0.3, 0.4) is 0 Å². The molecule has 0 radical (unpaired) electrons. The summed E-state index contributed by atoms with van der Waals surface area (Å²) in [5.41, 5.74) is 4.45. The first-order valence-corrected chi connectivity index (χ1v) is 9.45. The van der Waals surface area contributed by atoms with Crippen LogP contribution >= 0.6 is 0 Å². The van der Waals surface area contributed by atoms with Gasteiger partial charge in [0.05, 0.1) is 0 Å². The lowest BCUT2D eigenvalue weighted by atomic mass is 9.89. The molecule has 1 aliphatic carbocycles. The van der Waals surface area contributed by atoms with Gasteiger partial charge in [-0.3, -0.25) is 0 Å². The number of piperidine rings is 1. The molecule has 2 aromatic carbocycles. The normalized spacial score (nSPS) is 27.6. The van der Waals surface area contributed by atoms with E-state index in [9.17, 15) is 0 Å². The zero-order valence-electron chi connectivity index (χ0n) is 14.5. The van der Waals surface area contributed by atoms with Crippen molar-refractivity contribution in [2.24, 2.45) is 0 Å². The molecule has 2 aromatic rings. The number of hydrogen-bond acceptors (Lipinski definition) is 2. The molecule has 24 heavy (non-hydrogen) atoms. The Bertz CT molecular complexity index is 661. The molecule has 4 atom stereocenters. The molecule has 1 aliphatic heterocycles. The van der Waals surface area contributed by atoms with Gasteiger partial charge in [0, 0.05) is 24.0 Å². The fraction of sp³-hybridized carbons (Fsp3) is 0.455. The van der Waals surface area contributed by atoms with E-state index in [1.54, 1.807) is 0 Å². The summed E-state index contributed by atoms with van der Waals surface area (Å²) >= 11 is 0. The van der Waals surface area contributed by atoms with Gasteiger partial charge in [0.1, 0.15) is 0 Å². The van der Waals surface area contributed by atoms with E-state index in [4.69, 9.17) is 0 Å². The largest absolute Gasteiger partial charge is 0.312 e. The van der Waals surface area contributed by atoms with E-state index in [1.165, 1.54) is 42.5 Å². The van der Waals surface area contributed by atoms with Crippen LogP contribution in [0.4, 0.5) is 0 Å². The highest BCUT2D eigenvalue weighted by atomic mass is 15.0. The first-order chi connectivity index (χ1) is 11.8. The maximum Gasteiger partial charge on any atom is 0.0249 e. The highest BCUT2D eigenvalue weighted by Gasteiger charge is 2.35. The Balaban J connectivity index is 1.57. The van der Waals surface area contributed by atoms with E-state index in [-0.39, 0.29) is 0 Å². The molecule has 1 heterocycles. The Hall–Kier alpha value is -1.64. The second kappa shape index (κ2) is 7.08. The lowest BCUT2D eigenvalue weighted by Crippen LogP contribution is -2.52. The van der Waals surface area contributed by atoms with Crippen LogP contribution in [0.25, 0.3) is 0 Å². The predicted octanol–water partition coefficient (Wildman–Crippen LogP) is 3.86. The first kappa shape index (κ1) is 15.9. The lowest BCUT2D eigenvalue weighted by molar-refractivity contribution is 0.298. The molecule has 0 amide bonds. The Kier molecular flexibility index (Phi) is 4.68. The molecule has 2 N–H and O–H groups in total. The van der Waals surface area contributed by atoms with Crippen LogP contribution in [0.2, 0.25) is 0 Å². The smallest absolute Gasteiger partial charge is 0.0249 e. The van der Waals surface area contributed by atoms with Crippen molar-refractivity contribution < 1.29 is 0 Å². The van der Waals surface area contributed by atoms with E-state index in [0.29, 0.717) is 24.0 Å². The van der Waals surface area contributed by atoms with Gasteiger partial charge >= 0.3 is 0 Å². The Morgan fingerprint density at radius 1 is 1.00 bits per heavy atom. The minimum absolute atomic E-state index is 0.466. The molecule has 2 heteroatoms. The number of fused-ring (bicyclic) bond motifs is 1. The van der Waals surface area contributed by atoms with Crippen LogP contribution in [0.15, 0.2) is 54.6 Å². The van der Waals surface area contributed by atoms with Crippen molar-refractivity contribution in [1.82, 2.24) is 10.6 Å². The molecule has 0 bridgehead atoms. The molecule has 126 valence electrons. The van der Waals surface area contributed by atoms with Crippen molar-refractivity contribution >= 4 is 0 Å². The topological polar surface area (TPSA) is 24.1 Å². The standard InChI is InChI=1S/C22H28N2/c1-16(20-13-7-8-14-23-20)24-21-15-18-11-5-6-12-19(18)22(21)17-9-3-2-4-10-17/h2-6,9-12,16,20-24H,7-8,13-15H2,1H3. The first-order valence-electron chi connectivity index (χ1n) is 9.45. The van der Waals surface area contributed by atoms with Crippen LogP contribution in [0.1, 0.15) is 48.8 Å². The van der Waals surface area contributed by atoms with Crippen molar-refractivity contribution in [3.8, 4) is 0 Å². The molecule has 2 aliphatic rings. The molecule has 1 saturated heterocycles. The summed E-state index contributed by atoms with van der Waals surface area (Å²) in [6.07, 6.45) is 5.11. The summed E-state index contributed by atoms with van der Waals surface area (Å²) in [5.74, 6) is 0.466. The van der Waals surface area contributed by atoms with Gasteiger partial charge in [0.2, 0.25) is 0 Å². The van der Waals surface area contributed by atoms with Gasteiger partial charge < -0.3 is 10.6 Å². The molecular weight excluding hydrogens is 292 g/mol. The average molecular weight is 320 g/mol. The minimum Gasteiger partial charge on any atom is -0.312 e. The van der Waals surface area contributed by atoms with E-state index in [0.717, 1.165) is 6.42 Å². The van der Waals surface area contributed by atoms with Crippen LogP contribution in [0.5, 0.6) is 0 Å². The molecule has 2 nitrogen and oxygen atoms in total. The van der Waals surface area contributed by atoms with E-state index >= 15 is 0 Å². The fourth-order valence-electron chi connectivity index (χ4n) is 4.58. The molecule has 4 rings (SSSR count). The molecule has 0 spiro atoms. The fourth-order valence-corrected chi connectivity index (χ4v) is 4.58. The van der Waals surface area contributed by atoms with Crippen molar-refractivity contribution in [2.75, 3.05) is 6.54 Å². The van der Waals surface area contributed by atoms with Gasteiger partial charge in [0.25, 0.3) is 0 Å². The number of nitrogens with one attached hydrogen (secondary N) is 2. The van der Waals surface area contributed by atoms with Gasteiger partial charge in [-0.05, 0) is 49.4 Å². The maximum absolute atomic E-state index is 3.98. The van der Waals surface area contributed by atoms with Gasteiger partial charge in [-0.2, -0.15) is 0 Å². The Labute approximate surface area is 145 Å². The number of rotatable bonds is 4. The SMILES string of the molecule is CC(NC1Cc2ccccc2C1c1ccccc1)C1CCCCN1. The average Bonchev–Trinajstić information content (AvgIpc) is 3.01. The van der Waals surface area contributed by atoms with Crippen LogP contribution in [0, 0.1) is 0 Å². The summed E-state index contributed by atoms with van der Waals surface area (Å²) in [5, 5.41) is 7.69. The Morgan fingerprint density at radius 3 is 2.58 bits per heavy atom. The third kappa shape index (κ3) is 3.13. The summed E-state index contributed by atoms with van der Waals surface area (Å²) in [6.45, 7) is 3.53. The second-order valence-corrected chi connectivity index (χ2v) is 7.41. The van der Waals surface area contributed by atoms with Crippen molar-refractivity contribution in [1.29, 1.82) is 0 Å². The van der Waals surface area contributed by atoms with Crippen molar-refractivity contribution in [3.05, 3.63) is 71.3 Å². The summed E-state index contributed by atoms with van der Waals surface area (Å²) < 4.78 is 0. The second-order valence-electron chi connectivity index (χ2n) is 7.41. The summed E-state index contributed by atoms with van der Waals surface area (Å²) in [6, 6.07) is 21.6. The van der Waals surface area contributed by atoms with Crippen LogP contribution in [-0.2, 0) is 6.42 Å². The van der Waals surface area contributed by atoms with E-state index < -0.39 is 0 Å². The summed E-state index contributed by atoms with van der Waals surface area (Å²) in [7, 11) is 0. The Morgan fingerprint density at radius 2 is 1.79 bits per heavy atom.